The second-order valence-corrected chi connectivity index (χ2v) is 5.06. The predicted octanol–water partition coefficient (Wildman–Crippen LogP) is 3.86. The van der Waals surface area contributed by atoms with Crippen LogP contribution in [0.3, 0.4) is 0 Å². The van der Waals surface area contributed by atoms with Crippen LogP contribution in [0.2, 0.25) is 0 Å². The normalized spacial score (nSPS) is 17.2. The van der Waals surface area contributed by atoms with E-state index in [-0.39, 0.29) is 0 Å². The summed E-state index contributed by atoms with van der Waals surface area (Å²) in [5, 5.41) is 3.20. The van der Waals surface area contributed by atoms with Crippen LogP contribution in [0.15, 0.2) is 18.2 Å². The molecule has 0 aromatic carbocycles. The highest BCUT2D eigenvalue weighted by molar-refractivity contribution is 5.36. The van der Waals surface area contributed by atoms with Crippen molar-refractivity contribution in [1.29, 1.82) is 0 Å². The summed E-state index contributed by atoms with van der Waals surface area (Å²) in [7, 11) is 0. The first-order valence-electron chi connectivity index (χ1n) is 7.22. The van der Waals surface area contributed by atoms with Crippen molar-refractivity contribution in [3.8, 4) is 5.88 Å². The summed E-state index contributed by atoms with van der Waals surface area (Å²) >= 11 is 0. The molecular formula is C15H24N2O. The number of ether oxygens (including phenoxy) is 1. The molecule has 1 fully saturated rings. The van der Waals surface area contributed by atoms with Gasteiger partial charge in [0.2, 0.25) is 5.88 Å². The van der Waals surface area contributed by atoms with E-state index in [1.54, 1.807) is 0 Å². The minimum atomic E-state index is 0.720. The number of hydrogen-bond acceptors (Lipinski definition) is 3. The lowest BCUT2D eigenvalue weighted by atomic mass is 10.0. The van der Waals surface area contributed by atoms with Gasteiger partial charge in [-0.1, -0.05) is 31.7 Å². The van der Waals surface area contributed by atoms with Gasteiger partial charge in [0.1, 0.15) is 5.82 Å². The summed E-state index contributed by atoms with van der Waals surface area (Å²) in [6.45, 7) is 3.78. The highest BCUT2D eigenvalue weighted by Crippen LogP contribution is 2.23. The summed E-state index contributed by atoms with van der Waals surface area (Å²) in [6.07, 6.45) is 8.13. The fourth-order valence-corrected chi connectivity index (χ4v) is 2.51. The Morgan fingerprint density at radius 2 is 2.00 bits per heavy atom. The molecule has 3 nitrogen and oxygen atoms in total. The first kappa shape index (κ1) is 13.2. The van der Waals surface area contributed by atoms with Crippen LogP contribution >= 0.6 is 0 Å². The number of anilines is 1. The summed E-state index contributed by atoms with van der Waals surface area (Å²) < 4.78 is 5.84. The number of nitrogens with one attached hydrogen (secondary N) is 1. The monoisotopic (exact) mass is 248 g/mol. The fraction of sp³-hybridized carbons (Fsp3) is 0.667. The van der Waals surface area contributed by atoms with E-state index in [9.17, 15) is 0 Å². The Bertz CT molecular complexity index is 346. The van der Waals surface area contributed by atoms with Crippen LogP contribution in [0.25, 0.3) is 0 Å². The fourth-order valence-electron chi connectivity index (χ4n) is 2.51. The van der Waals surface area contributed by atoms with Gasteiger partial charge in [-0.25, -0.2) is 0 Å². The molecule has 18 heavy (non-hydrogen) atoms. The summed E-state index contributed by atoms with van der Waals surface area (Å²) in [5.41, 5.74) is 0. The molecule has 0 unspecified atom stereocenters. The van der Waals surface area contributed by atoms with E-state index in [0.29, 0.717) is 0 Å². The van der Waals surface area contributed by atoms with Gasteiger partial charge < -0.3 is 10.1 Å². The molecule has 1 aliphatic carbocycles. The molecule has 0 saturated heterocycles. The van der Waals surface area contributed by atoms with Crippen molar-refractivity contribution in [3.05, 3.63) is 18.2 Å². The molecule has 1 aliphatic rings. The minimum absolute atomic E-state index is 0.720. The van der Waals surface area contributed by atoms with E-state index in [1.807, 2.05) is 18.2 Å². The smallest absolute Gasteiger partial charge is 0.215 e. The van der Waals surface area contributed by atoms with E-state index >= 15 is 0 Å². The number of hydrogen-bond donors (Lipinski definition) is 1. The Labute approximate surface area is 110 Å². The molecule has 0 spiro atoms. The molecule has 100 valence electrons. The third-order valence-corrected chi connectivity index (χ3v) is 3.52. The molecule has 0 bridgehead atoms. The zero-order valence-corrected chi connectivity index (χ0v) is 11.3. The quantitative estimate of drug-likeness (QED) is 0.803. The van der Waals surface area contributed by atoms with Crippen LogP contribution in [0.4, 0.5) is 5.82 Å². The van der Waals surface area contributed by atoms with Gasteiger partial charge in [0, 0.05) is 12.6 Å². The molecule has 0 atom stereocenters. The van der Waals surface area contributed by atoms with E-state index < -0.39 is 0 Å². The Morgan fingerprint density at radius 1 is 1.22 bits per heavy atom. The van der Waals surface area contributed by atoms with Crippen molar-refractivity contribution < 1.29 is 4.74 Å². The largest absolute Gasteiger partial charge is 0.477 e. The number of rotatable bonds is 5. The van der Waals surface area contributed by atoms with Crippen molar-refractivity contribution >= 4 is 5.82 Å². The first-order valence-corrected chi connectivity index (χ1v) is 7.22. The topological polar surface area (TPSA) is 34.1 Å². The molecule has 1 saturated carbocycles. The minimum Gasteiger partial charge on any atom is -0.477 e. The van der Waals surface area contributed by atoms with Gasteiger partial charge >= 0.3 is 0 Å². The van der Waals surface area contributed by atoms with Gasteiger partial charge in [0.25, 0.3) is 0 Å². The molecule has 0 amide bonds. The lowest BCUT2D eigenvalue weighted by Gasteiger charge is -2.15. The molecular weight excluding hydrogens is 224 g/mol. The van der Waals surface area contributed by atoms with Gasteiger partial charge in [-0.15, -0.1) is 0 Å². The Morgan fingerprint density at radius 3 is 2.72 bits per heavy atom. The van der Waals surface area contributed by atoms with Crippen LogP contribution in [0.1, 0.15) is 45.4 Å². The van der Waals surface area contributed by atoms with E-state index in [0.717, 1.165) is 30.8 Å². The van der Waals surface area contributed by atoms with Gasteiger partial charge in [-0.3, -0.25) is 0 Å². The van der Waals surface area contributed by atoms with Crippen LogP contribution in [-0.2, 0) is 0 Å². The molecule has 1 heterocycles. The van der Waals surface area contributed by atoms with Crippen LogP contribution in [-0.4, -0.2) is 18.1 Å². The molecule has 0 aliphatic heterocycles. The lowest BCUT2D eigenvalue weighted by Crippen LogP contribution is -2.12. The van der Waals surface area contributed by atoms with Crippen LogP contribution in [0.5, 0.6) is 5.88 Å². The van der Waals surface area contributed by atoms with Crippen LogP contribution in [0, 0.1) is 5.92 Å². The number of pyridine rings is 1. The molecule has 2 rings (SSSR count). The van der Waals surface area contributed by atoms with Gasteiger partial charge in [0.15, 0.2) is 0 Å². The van der Waals surface area contributed by atoms with Gasteiger partial charge in [0.05, 0.1) is 6.61 Å². The third kappa shape index (κ3) is 4.21. The maximum atomic E-state index is 5.84. The van der Waals surface area contributed by atoms with Crippen molar-refractivity contribution in [2.75, 3.05) is 18.5 Å². The average Bonchev–Trinajstić information content (AvgIpc) is 2.66. The second-order valence-electron chi connectivity index (χ2n) is 5.06. The van der Waals surface area contributed by atoms with Crippen molar-refractivity contribution in [1.82, 2.24) is 4.98 Å². The maximum absolute atomic E-state index is 5.84. The van der Waals surface area contributed by atoms with Gasteiger partial charge in [-0.05, 0) is 31.7 Å². The lowest BCUT2D eigenvalue weighted by molar-refractivity contribution is 0.226. The molecule has 1 aromatic heterocycles. The third-order valence-electron chi connectivity index (χ3n) is 3.52. The van der Waals surface area contributed by atoms with Crippen molar-refractivity contribution in [2.45, 2.75) is 45.4 Å². The maximum Gasteiger partial charge on any atom is 0.215 e. The Balaban J connectivity index is 1.83. The predicted molar refractivity (Wildman–Crippen MR) is 75.1 cm³/mol. The average molecular weight is 248 g/mol. The van der Waals surface area contributed by atoms with Crippen LogP contribution < -0.4 is 10.1 Å². The highest BCUT2D eigenvalue weighted by Gasteiger charge is 2.13. The SMILES string of the molecule is CCNc1cccc(OCC2CCCCCC2)n1. The second kappa shape index (κ2) is 7.24. The van der Waals surface area contributed by atoms with Crippen molar-refractivity contribution in [2.24, 2.45) is 5.92 Å². The standard InChI is InChI=1S/C15H24N2O/c1-2-16-14-10-7-11-15(17-14)18-12-13-8-5-3-4-6-9-13/h7,10-11,13H,2-6,8-9,12H2,1H3,(H,16,17). The van der Waals surface area contributed by atoms with Gasteiger partial charge in [-0.2, -0.15) is 4.98 Å². The van der Waals surface area contributed by atoms with E-state index in [2.05, 4.69) is 17.2 Å². The zero-order valence-electron chi connectivity index (χ0n) is 11.3. The highest BCUT2D eigenvalue weighted by atomic mass is 16.5. The van der Waals surface area contributed by atoms with Crippen molar-refractivity contribution in [3.63, 3.8) is 0 Å². The summed E-state index contributed by atoms with van der Waals surface area (Å²) in [4.78, 5) is 4.44. The Hall–Kier alpha value is -1.25. The molecule has 0 radical (unpaired) electrons. The molecule has 3 heteroatoms. The number of aromatic nitrogens is 1. The molecule has 1 N–H and O–H groups in total. The number of nitrogens with zero attached hydrogens (tertiary/aromatic N) is 1. The Kier molecular flexibility index (Phi) is 5.31. The van der Waals surface area contributed by atoms with E-state index in [4.69, 9.17) is 4.74 Å². The zero-order chi connectivity index (χ0) is 12.6. The first-order chi connectivity index (χ1) is 8.88. The summed E-state index contributed by atoms with van der Waals surface area (Å²) in [5.74, 6) is 2.37. The summed E-state index contributed by atoms with van der Waals surface area (Å²) in [6, 6.07) is 5.91. The molecule has 1 aromatic rings. The van der Waals surface area contributed by atoms with E-state index in [1.165, 1.54) is 38.5 Å².